The summed E-state index contributed by atoms with van der Waals surface area (Å²) in [6.07, 6.45) is -0.776. The summed E-state index contributed by atoms with van der Waals surface area (Å²) >= 11 is 1.72. The molecule has 0 bridgehead atoms. The number of nitrogens with zero attached hydrogens (tertiary/aromatic N) is 1. The fraction of sp³-hybridized carbons (Fsp3) is 0.375. The molecule has 0 aliphatic carbocycles. The molecule has 1 aromatic carbocycles. The van der Waals surface area contributed by atoms with E-state index in [0.717, 1.165) is 6.54 Å². The van der Waals surface area contributed by atoms with Crippen molar-refractivity contribution >= 4 is 11.3 Å². The molecule has 0 aliphatic rings. The van der Waals surface area contributed by atoms with Crippen LogP contribution in [-0.4, -0.2) is 23.6 Å². The van der Waals surface area contributed by atoms with Gasteiger partial charge in [-0.15, -0.1) is 11.3 Å². The third kappa shape index (κ3) is 3.88. The van der Waals surface area contributed by atoms with Crippen LogP contribution < -0.4 is 0 Å². The van der Waals surface area contributed by atoms with Crippen molar-refractivity contribution < 1.29 is 9.50 Å². The molecule has 2 unspecified atom stereocenters. The zero-order chi connectivity index (χ0) is 14.5. The molecule has 0 fully saturated rings. The zero-order valence-corrected chi connectivity index (χ0v) is 12.6. The molecule has 2 rings (SSSR count). The minimum absolute atomic E-state index is 0.0307. The number of halogens is 1. The Balaban J connectivity index is 1.94. The molecule has 0 amide bonds. The third-order valence-electron chi connectivity index (χ3n) is 3.37. The maximum atomic E-state index is 13.7. The van der Waals surface area contributed by atoms with Gasteiger partial charge in [-0.05, 0) is 30.5 Å². The average molecular weight is 293 g/mol. The van der Waals surface area contributed by atoms with Crippen LogP contribution in [0.2, 0.25) is 0 Å². The Morgan fingerprint density at radius 1 is 1.25 bits per heavy atom. The summed E-state index contributed by atoms with van der Waals surface area (Å²) in [6, 6.07) is 10.6. The Morgan fingerprint density at radius 2 is 2.00 bits per heavy atom. The van der Waals surface area contributed by atoms with E-state index in [1.807, 2.05) is 20.0 Å². The van der Waals surface area contributed by atoms with Crippen molar-refractivity contribution in [3.05, 3.63) is 58.0 Å². The summed E-state index contributed by atoms with van der Waals surface area (Å²) < 4.78 is 13.7. The van der Waals surface area contributed by atoms with Crippen LogP contribution in [0, 0.1) is 11.7 Å². The van der Waals surface area contributed by atoms with Crippen molar-refractivity contribution in [1.82, 2.24) is 4.90 Å². The maximum absolute atomic E-state index is 13.7. The van der Waals surface area contributed by atoms with Crippen molar-refractivity contribution in [1.29, 1.82) is 0 Å². The number of benzene rings is 1. The molecule has 0 saturated heterocycles. The molecule has 2 atom stereocenters. The quantitative estimate of drug-likeness (QED) is 0.878. The normalized spacial score (nSPS) is 14.4. The van der Waals surface area contributed by atoms with Gasteiger partial charge in [0.2, 0.25) is 0 Å². The van der Waals surface area contributed by atoms with Crippen LogP contribution in [0.25, 0.3) is 0 Å². The van der Waals surface area contributed by atoms with Crippen molar-refractivity contribution in [3.8, 4) is 0 Å². The smallest absolute Gasteiger partial charge is 0.129 e. The molecule has 2 nitrogen and oxygen atoms in total. The van der Waals surface area contributed by atoms with Gasteiger partial charge in [-0.25, -0.2) is 4.39 Å². The van der Waals surface area contributed by atoms with Crippen molar-refractivity contribution in [2.75, 3.05) is 13.6 Å². The molecule has 20 heavy (non-hydrogen) atoms. The molecule has 1 aromatic heterocycles. The van der Waals surface area contributed by atoms with Crippen molar-refractivity contribution in [3.63, 3.8) is 0 Å². The van der Waals surface area contributed by atoms with Crippen LogP contribution in [0.15, 0.2) is 41.8 Å². The largest absolute Gasteiger partial charge is 0.388 e. The van der Waals surface area contributed by atoms with Crippen LogP contribution in [0.4, 0.5) is 4.39 Å². The summed E-state index contributed by atoms with van der Waals surface area (Å²) in [7, 11) is 2.02. The highest BCUT2D eigenvalue weighted by Crippen LogP contribution is 2.25. The van der Waals surface area contributed by atoms with E-state index in [1.165, 1.54) is 10.9 Å². The second-order valence-corrected chi connectivity index (χ2v) is 6.25. The topological polar surface area (TPSA) is 23.5 Å². The number of hydrogen-bond donors (Lipinski definition) is 1. The predicted octanol–water partition coefficient (Wildman–Crippen LogP) is 3.69. The molecular weight excluding hydrogens is 273 g/mol. The second kappa shape index (κ2) is 6.97. The van der Waals surface area contributed by atoms with Crippen LogP contribution in [0.1, 0.15) is 23.5 Å². The van der Waals surface area contributed by atoms with Gasteiger partial charge in [0.25, 0.3) is 0 Å². The predicted molar refractivity (Wildman–Crippen MR) is 81.2 cm³/mol. The Morgan fingerprint density at radius 3 is 2.65 bits per heavy atom. The Hall–Kier alpha value is -1.23. The lowest BCUT2D eigenvalue weighted by Crippen LogP contribution is -2.27. The van der Waals surface area contributed by atoms with Crippen LogP contribution in [0.3, 0.4) is 0 Å². The van der Waals surface area contributed by atoms with Gasteiger partial charge in [0.1, 0.15) is 5.82 Å². The molecular formula is C16H20FNOS. The lowest BCUT2D eigenvalue weighted by molar-refractivity contribution is 0.0904. The molecule has 108 valence electrons. The number of aliphatic hydroxyl groups excluding tert-OH is 1. The number of rotatable bonds is 6. The first-order chi connectivity index (χ1) is 9.58. The lowest BCUT2D eigenvalue weighted by Gasteiger charge is -2.25. The Kier molecular flexibility index (Phi) is 5.29. The average Bonchev–Trinajstić information content (AvgIpc) is 2.91. The molecule has 0 spiro atoms. The molecule has 0 radical (unpaired) electrons. The Labute approximate surface area is 123 Å². The van der Waals surface area contributed by atoms with Gasteiger partial charge in [0.05, 0.1) is 6.10 Å². The summed E-state index contributed by atoms with van der Waals surface area (Å²) in [5, 5.41) is 12.3. The van der Waals surface area contributed by atoms with E-state index in [0.29, 0.717) is 12.1 Å². The first kappa shape index (κ1) is 15.2. The van der Waals surface area contributed by atoms with E-state index in [-0.39, 0.29) is 11.7 Å². The highest BCUT2D eigenvalue weighted by atomic mass is 32.1. The van der Waals surface area contributed by atoms with Crippen molar-refractivity contribution in [2.24, 2.45) is 5.92 Å². The number of hydrogen-bond acceptors (Lipinski definition) is 3. The van der Waals surface area contributed by atoms with E-state index in [9.17, 15) is 9.50 Å². The van der Waals surface area contributed by atoms with Gasteiger partial charge in [0.15, 0.2) is 0 Å². The molecule has 0 aliphatic heterocycles. The highest BCUT2D eigenvalue weighted by Gasteiger charge is 2.20. The zero-order valence-electron chi connectivity index (χ0n) is 11.8. The van der Waals surface area contributed by atoms with Crippen LogP contribution in [-0.2, 0) is 6.54 Å². The second-order valence-electron chi connectivity index (χ2n) is 5.22. The van der Waals surface area contributed by atoms with E-state index in [4.69, 9.17) is 0 Å². The Bertz CT molecular complexity index is 529. The minimum atomic E-state index is -0.776. The highest BCUT2D eigenvalue weighted by molar-refractivity contribution is 7.09. The first-order valence-electron chi connectivity index (χ1n) is 6.71. The molecule has 0 saturated carbocycles. The van der Waals surface area contributed by atoms with E-state index in [1.54, 1.807) is 29.5 Å². The van der Waals surface area contributed by atoms with Crippen LogP contribution >= 0.6 is 11.3 Å². The SMILES string of the molecule is CC(CN(C)Cc1cccs1)C(O)c1ccccc1F. The molecule has 4 heteroatoms. The fourth-order valence-corrected chi connectivity index (χ4v) is 3.13. The van der Waals surface area contributed by atoms with Gasteiger partial charge in [-0.3, -0.25) is 0 Å². The molecule has 2 aromatic rings. The van der Waals surface area contributed by atoms with Gasteiger partial charge in [-0.2, -0.15) is 0 Å². The lowest BCUT2D eigenvalue weighted by atomic mass is 9.96. The third-order valence-corrected chi connectivity index (χ3v) is 4.23. The van der Waals surface area contributed by atoms with E-state index in [2.05, 4.69) is 16.3 Å². The summed E-state index contributed by atoms with van der Waals surface area (Å²) in [6.45, 7) is 3.52. The molecule has 1 N–H and O–H groups in total. The van der Waals surface area contributed by atoms with E-state index < -0.39 is 6.10 Å². The summed E-state index contributed by atoms with van der Waals surface area (Å²) in [4.78, 5) is 3.45. The van der Waals surface area contributed by atoms with Crippen LogP contribution in [0.5, 0.6) is 0 Å². The van der Waals surface area contributed by atoms with E-state index >= 15 is 0 Å². The fourth-order valence-electron chi connectivity index (χ4n) is 2.35. The number of aliphatic hydroxyl groups is 1. The monoisotopic (exact) mass is 293 g/mol. The molecule has 1 heterocycles. The van der Waals surface area contributed by atoms with Gasteiger partial charge in [-0.1, -0.05) is 31.2 Å². The standard InChI is InChI=1S/C16H20FNOS/c1-12(10-18(2)11-13-6-5-9-20-13)16(19)14-7-3-4-8-15(14)17/h3-9,12,16,19H,10-11H2,1-2H3. The maximum Gasteiger partial charge on any atom is 0.129 e. The summed E-state index contributed by atoms with van der Waals surface area (Å²) in [5.74, 6) is -0.371. The first-order valence-corrected chi connectivity index (χ1v) is 7.59. The van der Waals surface area contributed by atoms with Crippen molar-refractivity contribution in [2.45, 2.75) is 19.6 Å². The van der Waals surface area contributed by atoms with Gasteiger partial charge < -0.3 is 10.0 Å². The number of thiophene rings is 1. The van der Waals surface area contributed by atoms with Gasteiger partial charge in [0, 0.05) is 23.5 Å². The minimum Gasteiger partial charge on any atom is -0.388 e. The summed E-state index contributed by atoms with van der Waals surface area (Å²) in [5.41, 5.74) is 0.379. The van der Waals surface area contributed by atoms with Gasteiger partial charge >= 0.3 is 0 Å².